The van der Waals surface area contributed by atoms with Gasteiger partial charge in [-0.1, -0.05) is 0 Å². The molecule has 1 fully saturated rings. The molecule has 4 heteroatoms. The fraction of sp³-hybridized carbons (Fsp3) is 0.923. The van der Waals surface area contributed by atoms with Crippen LogP contribution in [0.1, 0.15) is 53.4 Å². The molecule has 0 saturated heterocycles. The highest BCUT2D eigenvalue weighted by atomic mass is 32.2. The highest BCUT2D eigenvalue weighted by Gasteiger charge is 2.34. The summed E-state index contributed by atoms with van der Waals surface area (Å²) in [5.41, 5.74) is 0. The van der Waals surface area contributed by atoms with Gasteiger partial charge in [0.2, 0.25) is 0 Å². The smallest absolute Gasteiger partial charge is 0.308 e. The molecule has 17 heavy (non-hydrogen) atoms. The molecule has 1 aliphatic carbocycles. The summed E-state index contributed by atoms with van der Waals surface area (Å²) in [7, 11) is -0.808. The van der Waals surface area contributed by atoms with Crippen molar-refractivity contribution >= 4 is 16.8 Å². The molecule has 0 radical (unpaired) electrons. The zero-order chi connectivity index (χ0) is 13.1. The minimum Gasteiger partial charge on any atom is -0.466 e. The number of carbonyl (C=O) groups is 1. The predicted molar refractivity (Wildman–Crippen MR) is 70.3 cm³/mol. The van der Waals surface area contributed by atoms with Crippen LogP contribution in [0.25, 0.3) is 0 Å². The van der Waals surface area contributed by atoms with Gasteiger partial charge in [-0.25, -0.2) is 0 Å². The SMILES string of the molecule is CCOC(=O)C1CCC(S(=O)C(C)(C)C)CC1. The minimum atomic E-state index is -0.808. The number of esters is 1. The van der Waals surface area contributed by atoms with Crippen molar-refractivity contribution < 1.29 is 13.7 Å². The van der Waals surface area contributed by atoms with Gasteiger partial charge in [-0.05, 0) is 53.4 Å². The van der Waals surface area contributed by atoms with Crippen molar-refractivity contribution in [1.29, 1.82) is 0 Å². The maximum absolute atomic E-state index is 12.2. The molecular weight excluding hydrogens is 236 g/mol. The molecule has 1 unspecified atom stereocenters. The molecule has 100 valence electrons. The summed E-state index contributed by atoms with van der Waals surface area (Å²) in [5.74, 6) is -0.0457. The van der Waals surface area contributed by atoms with Crippen molar-refractivity contribution in [3.63, 3.8) is 0 Å². The largest absolute Gasteiger partial charge is 0.466 e. The molecule has 0 aromatic heterocycles. The van der Waals surface area contributed by atoms with Crippen LogP contribution < -0.4 is 0 Å². The normalized spacial score (nSPS) is 27.5. The number of carbonyl (C=O) groups excluding carboxylic acids is 1. The minimum absolute atomic E-state index is 0.0307. The van der Waals surface area contributed by atoms with Gasteiger partial charge in [0.25, 0.3) is 0 Å². The average Bonchev–Trinajstić information content (AvgIpc) is 2.27. The van der Waals surface area contributed by atoms with Gasteiger partial charge < -0.3 is 4.74 Å². The van der Waals surface area contributed by atoms with Crippen LogP contribution in [0.5, 0.6) is 0 Å². The van der Waals surface area contributed by atoms with Crippen LogP contribution >= 0.6 is 0 Å². The van der Waals surface area contributed by atoms with Gasteiger partial charge in [-0.3, -0.25) is 9.00 Å². The first-order chi connectivity index (χ1) is 7.86. The first-order valence-corrected chi connectivity index (χ1v) is 7.65. The second kappa shape index (κ2) is 5.98. The topological polar surface area (TPSA) is 43.4 Å². The molecule has 0 heterocycles. The van der Waals surface area contributed by atoms with Crippen LogP contribution in [0, 0.1) is 5.92 Å². The van der Waals surface area contributed by atoms with Crippen LogP contribution in [0.2, 0.25) is 0 Å². The van der Waals surface area contributed by atoms with Gasteiger partial charge in [0.1, 0.15) is 0 Å². The van der Waals surface area contributed by atoms with Crippen molar-refractivity contribution in [3.8, 4) is 0 Å². The third kappa shape index (κ3) is 4.09. The van der Waals surface area contributed by atoms with Gasteiger partial charge in [0, 0.05) is 20.8 Å². The van der Waals surface area contributed by atoms with Gasteiger partial charge in [0.15, 0.2) is 0 Å². The maximum atomic E-state index is 12.2. The quantitative estimate of drug-likeness (QED) is 0.733. The van der Waals surface area contributed by atoms with E-state index in [9.17, 15) is 9.00 Å². The van der Waals surface area contributed by atoms with E-state index < -0.39 is 10.8 Å². The van der Waals surface area contributed by atoms with Crippen LogP contribution in [-0.4, -0.2) is 26.8 Å². The highest BCUT2D eigenvalue weighted by Crippen LogP contribution is 2.31. The predicted octanol–water partition coefficient (Wildman–Crippen LogP) is 2.66. The molecule has 0 amide bonds. The summed E-state index contributed by atoms with van der Waals surface area (Å²) < 4.78 is 17.1. The molecule has 1 saturated carbocycles. The second-order valence-corrected chi connectivity index (χ2v) is 8.12. The van der Waals surface area contributed by atoms with E-state index in [0.717, 1.165) is 25.7 Å². The Kier molecular flexibility index (Phi) is 5.17. The Bertz CT molecular complexity index is 286. The van der Waals surface area contributed by atoms with Gasteiger partial charge in [-0.15, -0.1) is 0 Å². The van der Waals surface area contributed by atoms with E-state index in [2.05, 4.69) is 0 Å². The van der Waals surface area contributed by atoms with Gasteiger partial charge in [-0.2, -0.15) is 0 Å². The zero-order valence-electron chi connectivity index (χ0n) is 11.3. The van der Waals surface area contributed by atoms with Gasteiger partial charge >= 0.3 is 5.97 Å². The molecule has 0 bridgehead atoms. The molecule has 1 atom stereocenters. The average molecular weight is 260 g/mol. The lowest BCUT2D eigenvalue weighted by molar-refractivity contribution is -0.149. The standard InChI is InChI=1S/C13H24O3S/c1-5-16-12(14)10-6-8-11(9-7-10)17(15)13(2,3)4/h10-11H,5-9H2,1-4H3. The van der Waals surface area contributed by atoms with E-state index in [1.165, 1.54) is 0 Å². The zero-order valence-corrected chi connectivity index (χ0v) is 12.1. The summed E-state index contributed by atoms with van der Waals surface area (Å²) >= 11 is 0. The molecule has 3 nitrogen and oxygen atoms in total. The molecular formula is C13H24O3S. The number of hydrogen-bond donors (Lipinski definition) is 0. The Labute approximate surface area is 107 Å². The number of rotatable bonds is 3. The lowest BCUT2D eigenvalue weighted by atomic mass is 9.89. The summed E-state index contributed by atoms with van der Waals surface area (Å²) in [6.45, 7) is 8.33. The summed E-state index contributed by atoms with van der Waals surface area (Å²) in [6.07, 6.45) is 3.41. The van der Waals surface area contributed by atoms with Crippen molar-refractivity contribution in [2.45, 2.75) is 63.4 Å². The second-order valence-electron chi connectivity index (χ2n) is 5.64. The van der Waals surface area contributed by atoms with Crippen LogP contribution in [0.4, 0.5) is 0 Å². The van der Waals surface area contributed by atoms with E-state index in [4.69, 9.17) is 4.74 Å². The summed E-state index contributed by atoms with van der Waals surface area (Å²) in [4.78, 5) is 11.6. The van der Waals surface area contributed by atoms with E-state index in [-0.39, 0.29) is 21.9 Å². The summed E-state index contributed by atoms with van der Waals surface area (Å²) in [6, 6.07) is 0. The van der Waals surface area contributed by atoms with E-state index >= 15 is 0 Å². The van der Waals surface area contributed by atoms with E-state index in [0.29, 0.717) is 6.61 Å². The van der Waals surface area contributed by atoms with E-state index in [1.807, 2.05) is 27.7 Å². The Hall–Kier alpha value is -0.380. The molecule has 0 aromatic rings. The number of hydrogen-bond acceptors (Lipinski definition) is 3. The monoisotopic (exact) mass is 260 g/mol. The molecule has 1 aliphatic rings. The van der Waals surface area contributed by atoms with Crippen molar-refractivity contribution in [3.05, 3.63) is 0 Å². The fourth-order valence-corrected chi connectivity index (χ4v) is 3.97. The fourth-order valence-electron chi connectivity index (χ4n) is 2.27. The molecule has 1 rings (SSSR count). The van der Waals surface area contributed by atoms with Crippen molar-refractivity contribution in [2.24, 2.45) is 5.92 Å². The molecule has 0 aliphatic heterocycles. The first kappa shape index (κ1) is 14.7. The van der Waals surface area contributed by atoms with Crippen LogP contribution in [-0.2, 0) is 20.3 Å². The van der Waals surface area contributed by atoms with Crippen molar-refractivity contribution in [2.75, 3.05) is 6.61 Å². The third-order valence-electron chi connectivity index (χ3n) is 3.20. The van der Waals surface area contributed by atoms with Crippen LogP contribution in [0.3, 0.4) is 0 Å². The Morgan fingerprint density at radius 3 is 2.18 bits per heavy atom. The maximum Gasteiger partial charge on any atom is 0.308 e. The lowest BCUT2D eigenvalue weighted by Crippen LogP contribution is -2.35. The molecule has 0 spiro atoms. The Balaban J connectivity index is 2.46. The molecule has 0 aromatic carbocycles. The van der Waals surface area contributed by atoms with Gasteiger partial charge in [0.05, 0.1) is 12.5 Å². The molecule has 0 N–H and O–H groups in total. The lowest BCUT2D eigenvalue weighted by Gasteiger charge is -2.31. The first-order valence-electron chi connectivity index (χ1n) is 6.43. The Morgan fingerprint density at radius 1 is 1.24 bits per heavy atom. The Morgan fingerprint density at radius 2 is 1.76 bits per heavy atom. The highest BCUT2D eigenvalue weighted by molar-refractivity contribution is 7.87. The third-order valence-corrected chi connectivity index (χ3v) is 5.48. The van der Waals surface area contributed by atoms with Crippen LogP contribution in [0.15, 0.2) is 0 Å². The van der Waals surface area contributed by atoms with Crippen molar-refractivity contribution in [1.82, 2.24) is 0 Å². The van der Waals surface area contributed by atoms with E-state index in [1.54, 1.807) is 0 Å². The number of ether oxygens (including phenoxy) is 1. The summed E-state index contributed by atoms with van der Waals surface area (Å²) in [5, 5.41) is 0.251.